The lowest BCUT2D eigenvalue weighted by molar-refractivity contribution is 0.701. The molecule has 1 saturated carbocycles. The fourth-order valence-corrected chi connectivity index (χ4v) is 3.01. The number of aryl methyl sites for hydroxylation is 2. The van der Waals surface area contributed by atoms with Crippen LogP contribution in [0.15, 0.2) is 4.99 Å². The Labute approximate surface area is 100.0 Å². The third-order valence-electron chi connectivity index (χ3n) is 2.89. The molecular formula is C11H18N4S. The van der Waals surface area contributed by atoms with Crippen LogP contribution in [0.2, 0.25) is 0 Å². The minimum absolute atomic E-state index is 0.438. The molecule has 1 aliphatic rings. The lowest BCUT2D eigenvalue weighted by atomic mass is 10.2. The molecule has 0 atom stereocenters. The zero-order valence-electron chi connectivity index (χ0n) is 9.79. The van der Waals surface area contributed by atoms with Gasteiger partial charge in [0, 0.05) is 0 Å². The fourth-order valence-electron chi connectivity index (χ4n) is 2.13. The third-order valence-corrected chi connectivity index (χ3v) is 3.97. The van der Waals surface area contributed by atoms with Crippen LogP contribution < -0.4 is 11.3 Å². The van der Waals surface area contributed by atoms with E-state index in [9.17, 15) is 0 Å². The molecule has 88 valence electrons. The summed E-state index contributed by atoms with van der Waals surface area (Å²) in [4.78, 5) is 10.2. The van der Waals surface area contributed by atoms with E-state index in [4.69, 9.17) is 5.84 Å². The van der Waals surface area contributed by atoms with E-state index in [2.05, 4.69) is 15.4 Å². The van der Waals surface area contributed by atoms with Crippen molar-refractivity contribution in [3.8, 4) is 0 Å². The molecule has 1 fully saturated rings. The molecule has 1 aromatic rings. The number of rotatable bonds is 2. The maximum atomic E-state index is 5.56. The number of nitrogens with zero attached hydrogens (tertiary/aromatic N) is 2. The van der Waals surface area contributed by atoms with Crippen molar-refractivity contribution in [3.63, 3.8) is 0 Å². The molecule has 4 nitrogen and oxygen atoms in total. The van der Waals surface area contributed by atoms with E-state index in [-0.39, 0.29) is 0 Å². The van der Waals surface area contributed by atoms with Gasteiger partial charge in [0.25, 0.3) is 0 Å². The smallest absolute Gasteiger partial charge is 0.155 e. The zero-order valence-corrected chi connectivity index (χ0v) is 10.6. The number of thiazole rings is 1. The van der Waals surface area contributed by atoms with E-state index in [1.54, 1.807) is 11.3 Å². The molecule has 0 aromatic carbocycles. The van der Waals surface area contributed by atoms with Crippen LogP contribution in [-0.2, 0) is 0 Å². The molecule has 0 unspecified atom stereocenters. The molecule has 0 saturated heterocycles. The Bertz CT molecular complexity index is 391. The summed E-state index contributed by atoms with van der Waals surface area (Å²) in [6.07, 6.45) is 4.93. The van der Waals surface area contributed by atoms with Gasteiger partial charge in [0.2, 0.25) is 0 Å². The molecular weight excluding hydrogens is 220 g/mol. The van der Waals surface area contributed by atoms with Crippen molar-refractivity contribution in [1.29, 1.82) is 0 Å². The van der Waals surface area contributed by atoms with Crippen LogP contribution in [0.5, 0.6) is 0 Å². The lowest BCUT2D eigenvalue weighted by Gasteiger charge is -2.08. The summed E-state index contributed by atoms with van der Waals surface area (Å²) in [7, 11) is 0. The van der Waals surface area contributed by atoms with Gasteiger partial charge >= 0.3 is 0 Å². The molecule has 3 N–H and O–H groups in total. The number of aliphatic imine (C=N–C) groups is 1. The van der Waals surface area contributed by atoms with Crippen molar-refractivity contribution < 1.29 is 0 Å². The second-order valence-corrected chi connectivity index (χ2v) is 5.41. The molecule has 0 aliphatic heterocycles. The van der Waals surface area contributed by atoms with Crippen LogP contribution in [0.25, 0.3) is 0 Å². The second kappa shape index (κ2) is 4.93. The first-order chi connectivity index (χ1) is 7.70. The predicted molar refractivity (Wildman–Crippen MR) is 67.7 cm³/mol. The molecule has 1 heterocycles. The molecule has 1 aliphatic carbocycles. The van der Waals surface area contributed by atoms with Gasteiger partial charge in [-0.05, 0) is 26.7 Å². The van der Waals surface area contributed by atoms with E-state index < -0.39 is 0 Å². The Hall–Kier alpha value is -0.940. The van der Waals surface area contributed by atoms with Crippen molar-refractivity contribution in [2.24, 2.45) is 10.8 Å². The lowest BCUT2D eigenvalue weighted by Crippen LogP contribution is -2.32. The Balaban J connectivity index is 2.24. The number of nitrogens with one attached hydrogen (secondary N) is 1. The molecule has 0 bridgehead atoms. The van der Waals surface area contributed by atoms with E-state index in [1.165, 1.54) is 25.7 Å². The van der Waals surface area contributed by atoms with Crippen molar-refractivity contribution in [3.05, 3.63) is 15.6 Å². The number of aromatic nitrogens is 1. The van der Waals surface area contributed by atoms with Crippen molar-refractivity contribution in [1.82, 2.24) is 10.4 Å². The zero-order chi connectivity index (χ0) is 11.5. The average molecular weight is 238 g/mol. The van der Waals surface area contributed by atoms with Gasteiger partial charge in [0.15, 0.2) is 5.84 Å². The minimum atomic E-state index is 0.438. The molecule has 0 amide bonds. The van der Waals surface area contributed by atoms with Crippen LogP contribution in [0.1, 0.15) is 41.3 Å². The number of nitrogens with two attached hydrogens (primary N) is 1. The Morgan fingerprint density at radius 3 is 2.62 bits per heavy atom. The van der Waals surface area contributed by atoms with Gasteiger partial charge in [-0.3, -0.25) is 4.99 Å². The van der Waals surface area contributed by atoms with Crippen molar-refractivity contribution >= 4 is 17.2 Å². The summed E-state index contributed by atoms with van der Waals surface area (Å²) < 4.78 is 0. The van der Waals surface area contributed by atoms with E-state index in [0.717, 1.165) is 21.4 Å². The van der Waals surface area contributed by atoms with Gasteiger partial charge in [0.05, 0.1) is 21.6 Å². The highest BCUT2D eigenvalue weighted by molar-refractivity contribution is 7.13. The Morgan fingerprint density at radius 1 is 1.44 bits per heavy atom. The largest absolute Gasteiger partial charge is 0.308 e. The van der Waals surface area contributed by atoms with E-state index in [1.807, 2.05) is 13.8 Å². The van der Waals surface area contributed by atoms with E-state index in [0.29, 0.717) is 6.04 Å². The Morgan fingerprint density at radius 2 is 2.12 bits per heavy atom. The maximum Gasteiger partial charge on any atom is 0.155 e. The topological polar surface area (TPSA) is 63.3 Å². The van der Waals surface area contributed by atoms with Gasteiger partial charge < -0.3 is 5.43 Å². The first-order valence-corrected chi connectivity index (χ1v) is 6.51. The number of hydrazine groups is 1. The second-order valence-electron chi connectivity index (χ2n) is 4.21. The fraction of sp³-hybridized carbons (Fsp3) is 0.636. The summed E-state index contributed by atoms with van der Waals surface area (Å²) >= 11 is 1.65. The summed E-state index contributed by atoms with van der Waals surface area (Å²) in [6.45, 7) is 4.01. The van der Waals surface area contributed by atoms with Crippen molar-refractivity contribution in [2.75, 3.05) is 0 Å². The summed E-state index contributed by atoms with van der Waals surface area (Å²) in [6, 6.07) is 0.438. The standard InChI is InChI=1S/C11H18N4S/c1-7-10(16-8(2)13-7)11(15-12)14-9-5-3-4-6-9/h9H,3-6,12H2,1-2H3,(H,14,15). The molecule has 16 heavy (non-hydrogen) atoms. The van der Waals surface area contributed by atoms with E-state index >= 15 is 0 Å². The van der Waals surface area contributed by atoms with Gasteiger partial charge in [-0.1, -0.05) is 12.8 Å². The van der Waals surface area contributed by atoms with Crippen LogP contribution in [0, 0.1) is 13.8 Å². The monoisotopic (exact) mass is 238 g/mol. The minimum Gasteiger partial charge on any atom is -0.308 e. The van der Waals surface area contributed by atoms with Gasteiger partial charge in [-0.2, -0.15) is 0 Å². The highest BCUT2D eigenvalue weighted by Crippen LogP contribution is 2.23. The normalized spacial score (nSPS) is 18.1. The van der Waals surface area contributed by atoms with Crippen LogP contribution in [0.4, 0.5) is 0 Å². The number of hydrogen-bond donors (Lipinski definition) is 2. The van der Waals surface area contributed by atoms with Crippen LogP contribution >= 0.6 is 11.3 Å². The summed E-state index contributed by atoms with van der Waals surface area (Å²) in [5.41, 5.74) is 3.73. The first kappa shape index (κ1) is 11.5. The predicted octanol–water partition coefficient (Wildman–Crippen LogP) is 1.91. The molecule has 2 rings (SSSR count). The van der Waals surface area contributed by atoms with Crippen molar-refractivity contribution in [2.45, 2.75) is 45.6 Å². The molecule has 0 spiro atoms. The Kier molecular flexibility index (Phi) is 3.56. The highest BCUT2D eigenvalue weighted by atomic mass is 32.1. The van der Waals surface area contributed by atoms with Gasteiger partial charge in [-0.15, -0.1) is 11.3 Å². The molecule has 0 radical (unpaired) electrons. The quantitative estimate of drug-likeness (QED) is 0.358. The van der Waals surface area contributed by atoms with Gasteiger partial charge in [0.1, 0.15) is 0 Å². The van der Waals surface area contributed by atoms with Crippen LogP contribution in [-0.4, -0.2) is 16.9 Å². The van der Waals surface area contributed by atoms with Crippen LogP contribution in [0.3, 0.4) is 0 Å². The number of amidine groups is 1. The highest BCUT2D eigenvalue weighted by Gasteiger charge is 2.17. The summed E-state index contributed by atoms with van der Waals surface area (Å²) in [5, 5.41) is 1.06. The molecule has 5 heteroatoms. The molecule has 1 aromatic heterocycles. The van der Waals surface area contributed by atoms with Gasteiger partial charge in [-0.25, -0.2) is 10.8 Å². The number of hydrogen-bond acceptors (Lipinski definition) is 4. The summed E-state index contributed by atoms with van der Waals surface area (Å²) in [5.74, 6) is 6.36. The maximum absolute atomic E-state index is 5.56. The SMILES string of the molecule is Cc1nc(C)c(C(=NC2CCCC2)NN)s1. The first-order valence-electron chi connectivity index (χ1n) is 5.69. The average Bonchev–Trinajstić information content (AvgIpc) is 2.85. The third kappa shape index (κ3) is 2.41.